The zero-order chi connectivity index (χ0) is 13.1. The Morgan fingerprint density at radius 3 is 3.11 bits per heavy atom. The van der Waals surface area contributed by atoms with Gasteiger partial charge in [0.05, 0.1) is 5.51 Å². The van der Waals surface area contributed by atoms with Crippen molar-refractivity contribution in [2.24, 2.45) is 0 Å². The van der Waals surface area contributed by atoms with Gasteiger partial charge in [-0.05, 0) is 18.9 Å². The Balaban J connectivity index is 1.73. The Hall–Kier alpha value is -1.82. The number of hydrogen-bond donors (Lipinski definition) is 0. The number of piperidine rings is 1. The third-order valence-corrected chi connectivity index (χ3v) is 3.97. The van der Waals surface area contributed by atoms with Crippen molar-refractivity contribution in [2.45, 2.75) is 18.8 Å². The predicted molar refractivity (Wildman–Crippen MR) is 72.0 cm³/mol. The Morgan fingerprint density at radius 2 is 2.37 bits per heavy atom. The summed E-state index contributed by atoms with van der Waals surface area (Å²) in [5, 5.41) is 1.80. The predicted octanol–water partition coefficient (Wildman–Crippen LogP) is 1.95. The first-order valence-corrected chi connectivity index (χ1v) is 7.22. The molecule has 0 saturated carbocycles. The van der Waals surface area contributed by atoms with Gasteiger partial charge in [-0.1, -0.05) is 0 Å². The molecule has 98 valence electrons. The normalized spacial score (nSPS) is 19.4. The van der Waals surface area contributed by atoms with Crippen molar-refractivity contribution in [3.8, 4) is 0 Å². The Labute approximate surface area is 115 Å². The molecule has 5 nitrogen and oxygen atoms in total. The van der Waals surface area contributed by atoms with Gasteiger partial charge in [-0.15, -0.1) is 11.3 Å². The smallest absolute Gasteiger partial charge is 0.273 e. The van der Waals surface area contributed by atoms with E-state index in [0.717, 1.165) is 25.1 Å². The highest BCUT2D eigenvalue weighted by atomic mass is 32.1. The van der Waals surface area contributed by atoms with E-state index in [9.17, 15) is 4.79 Å². The monoisotopic (exact) mass is 274 g/mol. The number of rotatable bonds is 2. The van der Waals surface area contributed by atoms with Crippen LogP contribution in [0.2, 0.25) is 0 Å². The summed E-state index contributed by atoms with van der Waals surface area (Å²) >= 11 is 1.45. The number of nitrogens with zero attached hydrogens (tertiary/aromatic N) is 4. The molecule has 19 heavy (non-hydrogen) atoms. The molecule has 0 spiro atoms. The Bertz CT molecular complexity index is 543. The lowest BCUT2D eigenvalue weighted by Crippen LogP contribution is -2.39. The van der Waals surface area contributed by atoms with Crippen LogP contribution in [0, 0.1) is 0 Å². The van der Waals surface area contributed by atoms with Gasteiger partial charge < -0.3 is 4.90 Å². The number of hydrogen-bond acceptors (Lipinski definition) is 5. The lowest BCUT2D eigenvalue weighted by molar-refractivity contribution is 0.0700. The topological polar surface area (TPSA) is 59.0 Å². The zero-order valence-corrected chi connectivity index (χ0v) is 11.2. The zero-order valence-electron chi connectivity index (χ0n) is 10.4. The van der Waals surface area contributed by atoms with Crippen LogP contribution in [0.15, 0.2) is 29.5 Å². The van der Waals surface area contributed by atoms with Crippen molar-refractivity contribution in [2.75, 3.05) is 13.1 Å². The second-order valence-corrected chi connectivity index (χ2v) is 5.32. The van der Waals surface area contributed by atoms with Crippen LogP contribution in [0.3, 0.4) is 0 Å². The number of amides is 1. The minimum Gasteiger partial charge on any atom is -0.337 e. The molecule has 0 N–H and O–H groups in total. The molecule has 1 fully saturated rings. The molecule has 1 saturated heterocycles. The molecule has 1 aliphatic heterocycles. The molecule has 0 aromatic carbocycles. The first-order chi connectivity index (χ1) is 9.34. The van der Waals surface area contributed by atoms with E-state index in [1.165, 1.54) is 11.3 Å². The average molecular weight is 274 g/mol. The Morgan fingerprint density at radius 1 is 1.42 bits per heavy atom. The van der Waals surface area contributed by atoms with Gasteiger partial charge in [0.25, 0.3) is 5.91 Å². The molecule has 3 heterocycles. The van der Waals surface area contributed by atoms with Gasteiger partial charge in [-0.2, -0.15) is 0 Å². The molecular weight excluding hydrogens is 260 g/mol. The highest BCUT2D eigenvalue weighted by molar-refractivity contribution is 7.07. The highest BCUT2D eigenvalue weighted by Crippen LogP contribution is 2.25. The van der Waals surface area contributed by atoms with Crippen LogP contribution < -0.4 is 0 Å². The summed E-state index contributed by atoms with van der Waals surface area (Å²) in [5.74, 6) is 0.333. The molecule has 1 atom stereocenters. The van der Waals surface area contributed by atoms with Crippen LogP contribution in [0.1, 0.15) is 34.9 Å². The van der Waals surface area contributed by atoms with Gasteiger partial charge in [0, 0.05) is 36.3 Å². The summed E-state index contributed by atoms with van der Waals surface area (Å²) in [7, 11) is 0. The lowest BCUT2D eigenvalue weighted by Gasteiger charge is -2.32. The standard InChI is InChI=1S/C13H14N4OS/c18-13(12-7-19-9-16-12)17-5-1-2-10(6-17)11-3-4-14-8-15-11/h3-4,7-10H,1-2,5-6H2. The van der Waals surface area contributed by atoms with E-state index in [1.807, 2.05) is 11.0 Å². The number of likely N-dealkylation sites (tertiary alicyclic amines) is 1. The van der Waals surface area contributed by atoms with Crippen LogP contribution in [-0.2, 0) is 0 Å². The molecule has 6 heteroatoms. The fourth-order valence-electron chi connectivity index (χ4n) is 2.43. The number of carbonyl (C=O) groups is 1. The van der Waals surface area contributed by atoms with Crippen molar-refractivity contribution in [1.29, 1.82) is 0 Å². The number of aromatic nitrogens is 3. The molecule has 0 bridgehead atoms. The van der Waals surface area contributed by atoms with Crippen molar-refractivity contribution < 1.29 is 4.79 Å². The number of thiazole rings is 1. The van der Waals surface area contributed by atoms with Crippen molar-refractivity contribution in [3.05, 3.63) is 40.9 Å². The van der Waals surface area contributed by atoms with E-state index in [-0.39, 0.29) is 5.91 Å². The van der Waals surface area contributed by atoms with E-state index in [2.05, 4.69) is 15.0 Å². The lowest BCUT2D eigenvalue weighted by atomic mass is 9.94. The van der Waals surface area contributed by atoms with E-state index in [1.54, 1.807) is 23.4 Å². The summed E-state index contributed by atoms with van der Waals surface area (Å²) in [6.07, 6.45) is 5.39. The van der Waals surface area contributed by atoms with E-state index < -0.39 is 0 Å². The van der Waals surface area contributed by atoms with Crippen LogP contribution in [0.4, 0.5) is 0 Å². The van der Waals surface area contributed by atoms with E-state index >= 15 is 0 Å². The van der Waals surface area contributed by atoms with Crippen LogP contribution in [0.5, 0.6) is 0 Å². The minimum absolute atomic E-state index is 0.0278. The molecule has 2 aromatic heterocycles. The highest BCUT2D eigenvalue weighted by Gasteiger charge is 2.26. The molecule has 1 unspecified atom stereocenters. The summed E-state index contributed by atoms with van der Waals surface area (Å²) in [4.78, 5) is 26.5. The molecule has 0 aliphatic carbocycles. The fraction of sp³-hybridized carbons (Fsp3) is 0.385. The van der Waals surface area contributed by atoms with E-state index in [4.69, 9.17) is 0 Å². The summed E-state index contributed by atoms with van der Waals surface area (Å²) in [5.41, 5.74) is 3.26. The van der Waals surface area contributed by atoms with Crippen LogP contribution >= 0.6 is 11.3 Å². The maximum atomic E-state index is 12.3. The van der Waals surface area contributed by atoms with Gasteiger partial charge in [-0.25, -0.2) is 15.0 Å². The van der Waals surface area contributed by atoms with Crippen molar-refractivity contribution >= 4 is 17.2 Å². The molecule has 2 aromatic rings. The third-order valence-electron chi connectivity index (χ3n) is 3.38. The molecule has 1 amide bonds. The van der Waals surface area contributed by atoms with Gasteiger partial charge in [-0.3, -0.25) is 4.79 Å². The fourth-order valence-corrected chi connectivity index (χ4v) is 2.95. The maximum Gasteiger partial charge on any atom is 0.273 e. The Kier molecular flexibility index (Phi) is 3.50. The van der Waals surface area contributed by atoms with Crippen LogP contribution in [0.25, 0.3) is 0 Å². The minimum atomic E-state index is 0.0278. The molecule has 1 aliphatic rings. The van der Waals surface area contributed by atoms with Crippen LogP contribution in [-0.4, -0.2) is 38.8 Å². The summed E-state index contributed by atoms with van der Waals surface area (Å²) in [6, 6.07) is 1.93. The summed E-state index contributed by atoms with van der Waals surface area (Å²) < 4.78 is 0. The summed E-state index contributed by atoms with van der Waals surface area (Å²) in [6.45, 7) is 1.52. The molecule has 0 radical (unpaired) electrons. The van der Waals surface area contributed by atoms with Crippen molar-refractivity contribution in [1.82, 2.24) is 19.9 Å². The van der Waals surface area contributed by atoms with E-state index in [0.29, 0.717) is 18.2 Å². The second kappa shape index (κ2) is 5.44. The quantitative estimate of drug-likeness (QED) is 0.840. The van der Waals surface area contributed by atoms with Crippen molar-refractivity contribution in [3.63, 3.8) is 0 Å². The molecular formula is C13H14N4OS. The average Bonchev–Trinajstić information content (AvgIpc) is 3.02. The first-order valence-electron chi connectivity index (χ1n) is 6.28. The van der Waals surface area contributed by atoms with Gasteiger partial charge in [0.2, 0.25) is 0 Å². The molecule has 3 rings (SSSR count). The second-order valence-electron chi connectivity index (χ2n) is 4.60. The third kappa shape index (κ3) is 2.63. The maximum absolute atomic E-state index is 12.3. The number of carbonyl (C=O) groups excluding carboxylic acids is 1. The first kappa shape index (κ1) is 12.2. The largest absolute Gasteiger partial charge is 0.337 e. The van der Waals surface area contributed by atoms with Gasteiger partial charge in [0.15, 0.2) is 0 Å². The van der Waals surface area contributed by atoms with Gasteiger partial charge in [0.1, 0.15) is 12.0 Å². The SMILES string of the molecule is O=C(c1cscn1)N1CCCC(c2ccncn2)C1. The van der Waals surface area contributed by atoms with Gasteiger partial charge >= 0.3 is 0 Å².